The van der Waals surface area contributed by atoms with Crippen LogP contribution in [-0.2, 0) is 0 Å². The standard InChI is InChI=1S/C37H23N3/c1-38-32-20-18-24(39-34-14-6-2-10-26(34)27-11-3-7-15-35(27)39)22-30(32)31-23-25(19-21-33(31)38)40-36-16-8-4-12-28(36)29-13-5-9-17-37(29)40/h1-23H. The average Bonchev–Trinajstić information content (AvgIpc) is 3.63. The van der Waals surface area contributed by atoms with Crippen LogP contribution in [0.25, 0.3) is 76.8 Å². The van der Waals surface area contributed by atoms with Gasteiger partial charge in [0.1, 0.15) is 0 Å². The third-order valence-corrected chi connectivity index (χ3v) is 8.45. The highest BCUT2D eigenvalue weighted by Crippen LogP contribution is 2.37. The Balaban J connectivity index is 1.34. The van der Waals surface area contributed by atoms with Gasteiger partial charge < -0.3 is 13.7 Å². The van der Waals surface area contributed by atoms with Gasteiger partial charge in [-0.25, -0.2) is 0 Å². The van der Waals surface area contributed by atoms with E-state index in [9.17, 15) is 0 Å². The lowest BCUT2D eigenvalue weighted by molar-refractivity contribution is 1.17. The molecule has 0 fully saturated rings. The van der Waals surface area contributed by atoms with E-state index in [0.717, 1.165) is 33.2 Å². The van der Waals surface area contributed by atoms with Crippen LogP contribution in [0.5, 0.6) is 0 Å². The van der Waals surface area contributed by atoms with Crippen LogP contribution in [0.2, 0.25) is 0 Å². The number of aromatic nitrogens is 3. The van der Waals surface area contributed by atoms with Gasteiger partial charge in [0.05, 0.1) is 29.1 Å². The van der Waals surface area contributed by atoms with Crippen molar-refractivity contribution >= 4 is 65.4 Å². The zero-order chi connectivity index (χ0) is 26.4. The SMILES string of the molecule is [CH]n1c2ccc(-n3c4ccccc4c4ccccc43)cc2c2cc(-n3c4ccccc4c4ccccc43)ccc21. The van der Waals surface area contributed by atoms with Gasteiger partial charge in [-0.3, -0.25) is 0 Å². The van der Waals surface area contributed by atoms with E-state index in [-0.39, 0.29) is 0 Å². The van der Waals surface area contributed by atoms with E-state index < -0.39 is 0 Å². The number of benzene rings is 6. The molecule has 0 bridgehead atoms. The summed E-state index contributed by atoms with van der Waals surface area (Å²) in [5, 5.41) is 7.31. The molecule has 3 heterocycles. The predicted molar refractivity (Wildman–Crippen MR) is 168 cm³/mol. The number of para-hydroxylation sites is 4. The van der Waals surface area contributed by atoms with E-state index in [0.29, 0.717) is 0 Å². The Hall–Kier alpha value is -5.28. The summed E-state index contributed by atoms with van der Waals surface area (Å²) < 4.78 is 6.54. The van der Waals surface area contributed by atoms with Crippen LogP contribution >= 0.6 is 0 Å². The molecule has 0 unspecified atom stereocenters. The molecule has 3 aromatic heterocycles. The van der Waals surface area contributed by atoms with Crippen molar-refractivity contribution in [2.45, 2.75) is 0 Å². The minimum atomic E-state index is 1.01. The second kappa shape index (κ2) is 7.87. The molecule has 0 saturated heterocycles. The van der Waals surface area contributed by atoms with Crippen molar-refractivity contribution in [3.8, 4) is 11.4 Å². The van der Waals surface area contributed by atoms with Crippen LogP contribution in [0.1, 0.15) is 0 Å². The first-order chi connectivity index (χ1) is 19.8. The van der Waals surface area contributed by atoms with Gasteiger partial charge in [-0.2, -0.15) is 0 Å². The maximum atomic E-state index is 6.68. The van der Waals surface area contributed by atoms with Crippen molar-refractivity contribution in [3.63, 3.8) is 0 Å². The number of nitrogens with zero attached hydrogens (tertiary/aromatic N) is 3. The second-order valence-corrected chi connectivity index (χ2v) is 10.5. The molecule has 0 atom stereocenters. The van der Waals surface area contributed by atoms with E-state index in [2.05, 4.69) is 143 Å². The van der Waals surface area contributed by atoms with E-state index in [1.807, 2.05) is 4.57 Å². The third-order valence-electron chi connectivity index (χ3n) is 8.45. The molecule has 9 aromatic rings. The van der Waals surface area contributed by atoms with Gasteiger partial charge in [-0.15, -0.1) is 0 Å². The number of hydrogen-bond donors (Lipinski definition) is 0. The lowest BCUT2D eigenvalue weighted by Crippen LogP contribution is -1.94. The predicted octanol–water partition coefficient (Wildman–Crippen LogP) is 9.51. The van der Waals surface area contributed by atoms with Crippen molar-refractivity contribution in [3.05, 3.63) is 141 Å². The Kier molecular flexibility index (Phi) is 4.26. The van der Waals surface area contributed by atoms with Crippen molar-refractivity contribution in [1.82, 2.24) is 13.7 Å². The number of rotatable bonds is 2. The summed E-state index contributed by atoms with van der Waals surface area (Å²) in [5.74, 6) is 0. The maximum absolute atomic E-state index is 6.68. The summed E-state index contributed by atoms with van der Waals surface area (Å²) in [6, 6.07) is 47.7. The van der Waals surface area contributed by atoms with Gasteiger partial charge in [-0.1, -0.05) is 72.8 Å². The molecule has 0 aliphatic rings. The third kappa shape index (κ3) is 2.79. The lowest BCUT2D eigenvalue weighted by atomic mass is 10.1. The van der Waals surface area contributed by atoms with Crippen molar-refractivity contribution in [2.24, 2.45) is 0 Å². The molecule has 0 saturated carbocycles. The fourth-order valence-corrected chi connectivity index (χ4v) is 6.71. The molecule has 6 aromatic carbocycles. The first-order valence-electron chi connectivity index (χ1n) is 13.6. The Morgan fingerprint density at radius 3 is 1.00 bits per heavy atom. The summed E-state index contributed by atoms with van der Waals surface area (Å²) >= 11 is 0. The van der Waals surface area contributed by atoms with Gasteiger partial charge in [0.15, 0.2) is 0 Å². The zero-order valence-corrected chi connectivity index (χ0v) is 21.6. The Morgan fingerprint density at radius 2 is 0.650 bits per heavy atom. The van der Waals surface area contributed by atoms with Crippen LogP contribution < -0.4 is 0 Å². The van der Waals surface area contributed by atoms with Gasteiger partial charge >= 0.3 is 0 Å². The first-order valence-corrected chi connectivity index (χ1v) is 13.6. The molecule has 0 aliphatic carbocycles. The molecule has 0 N–H and O–H groups in total. The van der Waals surface area contributed by atoms with Crippen molar-refractivity contribution in [2.75, 3.05) is 0 Å². The number of fused-ring (bicyclic) bond motifs is 9. The first kappa shape index (κ1) is 21.6. The van der Waals surface area contributed by atoms with Gasteiger partial charge in [0.25, 0.3) is 0 Å². The summed E-state index contributed by atoms with van der Waals surface area (Å²) in [4.78, 5) is 0. The molecular formula is C37H23N3. The summed E-state index contributed by atoms with van der Waals surface area (Å²) in [6.07, 6.45) is 0. The molecule has 2 radical (unpaired) electrons. The quantitative estimate of drug-likeness (QED) is 0.220. The fourth-order valence-electron chi connectivity index (χ4n) is 6.71. The molecule has 0 spiro atoms. The highest BCUT2D eigenvalue weighted by Gasteiger charge is 2.16. The summed E-state index contributed by atoms with van der Waals surface area (Å²) in [6.45, 7) is 0. The van der Waals surface area contributed by atoms with Gasteiger partial charge in [0, 0.05) is 54.7 Å². The van der Waals surface area contributed by atoms with E-state index in [1.54, 1.807) is 0 Å². The average molecular weight is 510 g/mol. The fraction of sp³-hybridized carbons (Fsp3) is 0. The highest BCUT2D eigenvalue weighted by atomic mass is 15.0. The van der Waals surface area contributed by atoms with Crippen LogP contribution in [0, 0.1) is 7.05 Å². The topological polar surface area (TPSA) is 14.8 Å². The maximum Gasteiger partial charge on any atom is 0.0799 e. The highest BCUT2D eigenvalue weighted by molar-refractivity contribution is 6.13. The largest absolute Gasteiger partial charge is 0.333 e. The Labute approximate surface area is 230 Å². The van der Waals surface area contributed by atoms with E-state index in [4.69, 9.17) is 7.05 Å². The van der Waals surface area contributed by atoms with Crippen LogP contribution in [0.4, 0.5) is 0 Å². The normalized spacial score (nSPS) is 12.1. The molecule has 3 heteroatoms. The molecule has 40 heavy (non-hydrogen) atoms. The van der Waals surface area contributed by atoms with Crippen LogP contribution in [-0.4, -0.2) is 13.7 Å². The smallest absolute Gasteiger partial charge is 0.0799 e. The molecule has 0 aliphatic heterocycles. The summed E-state index contributed by atoms with van der Waals surface area (Å²) in [5.41, 5.74) is 9.07. The van der Waals surface area contributed by atoms with Crippen LogP contribution in [0.15, 0.2) is 133 Å². The van der Waals surface area contributed by atoms with Gasteiger partial charge in [0.2, 0.25) is 0 Å². The lowest BCUT2D eigenvalue weighted by Gasteiger charge is -2.09. The summed E-state index contributed by atoms with van der Waals surface area (Å²) in [7, 11) is 6.68. The van der Waals surface area contributed by atoms with E-state index in [1.165, 1.54) is 43.6 Å². The molecule has 0 amide bonds. The Morgan fingerprint density at radius 1 is 0.325 bits per heavy atom. The zero-order valence-electron chi connectivity index (χ0n) is 21.6. The monoisotopic (exact) mass is 509 g/mol. The second-order valence-electron chi connectivity index (χ2n) is 10.5. The number of hydrogen-bond acceptors (Lipinski definition) is 0. The minimum absolute atomic E-state index is 1.01. The van der Waals surface area contributed by atoms with Crippen LogP contribution in [0.3, 0.4) is 0 Å². The van der Waals surface area contributed by atoms with E-state index >= 15 is 0 Å². The molecule has 186 valence electrons. The molecule has 9 rings (SSSR count). The van der Waals surface area contributed by atoms with Gasteiger partial charge in [-0.05, 0) is 60.7 Å². The van der Waals surface area contributed by atoms with Crippen molar-refractivity contribution < 1.29 is 0 Å². The van der Waals surface area contributed by atoms with Crippen molar-refractivity contribution in [1.29, 1.82) is 0 Å². The Bertz CT molecular complexity index is 2170. The molecular weight excluding hydrogens is 486 g/mol. The minimum Gasteiger partial charge on any atom is -0.333 e. The molecule has 3 nitrogen and oxygen atoms in total.